The van der Waals surface area contributed by atoms with Gasteiger partial charge in [-0.3, -0.25) is 0 Å². The van der Waals surface area contributed by atoms with Crippen molar-refractivity contribution in [2.75, 3.05) is 38.3 Å². The first-order valence-corrected chi connectivity index (χ1v) is 7.92. The third kappa shape index (κ3) is 4.58. The molecule has 0 bridgehead atoms. The number of likely N-dealkylation sites (N-methyl/N-ethyl adjacent to an activating group) is 1. The van der Waals surface area contributed by atoms with E-state index < -0.39 is 5.60 Å². The van der Waals surface area contributed by atoms with Crippen molar-refractivity contribution in [2.45, 2.75) is 31.9 Å². The monoisotopic (exact) mass is 312 g/mol. The predicted octanol–water partition coefficient (Wildman–Crippen LogP) is 2.43. The largest absolute Gasteiger partial charge is 0.388 e. The second-order valence-corrected chi connectivity index (χ2v) is 6.18. The number of hydrogen-bond donors (Lipinski definition) is 2. The van der Waals surface area contributed by atoms with Gasteiger partial charge < -0.3 is 20.1 Å². The van der Waals surface area contributed by atoms with Crippen LogP contribution in [0, 0.1) is 0 Å². The highest BCUT2D eigenvalue weighted by molar-refractivity contribution is 6.30. The first kappa shape index (κ1) is 16.6. The maximum absolute atomic E-state index is 10.7. The van der Waals surface area contributed by atoms with Crippen LogP contribution in [-0.4, -0.2) is 44.1 Å². The van der Waals surface area contributed by atoms with Gasteiger partial charge in [-0.05, 0) is 24.2 Å². The van der Waals surface area contributed by atoms with E-state index >= 15 is 0 Å². The molecule has 0 atom stereocenters. The average Bonchev–Trinajstić information content (AvgIpc) is 2.46. The first-order valence-electron chi connectivity index (χ1n) is 7.54. The molecule has 0 amide bonds. The van der Waals surface area contributed by atoms with Crippen LogP contribution < -0.4 is 10.2 Å². The Hall–Kier alpha value is -0.810. The molecule has 1 fully saturated rings. The number of nitrogens with zero attached hydrogens (tertiary/aromatic N) is 1. The summed E-state index contributed by atoms with van der Waals surface area (Å²) in [5, 5.41) is 14.7. The van der Waals surface area contributed by atoms with Gasteiger partial charge in [-0.2, -0.15) is 0 Å². The molecule has 1 aromatic rings. The van der Waals surface area contributed by atoms with E-state index in [0.717, 1.165) is 23.8 Å². The van der Waals surface area contributed by atoms with Crippen LogP contribution in [0.5, 0.6) is 0 Å². The van der Waals surface area contributed by atoms with E-state index in [1.807, 2.05) is 25.2 Å². The second kappa shape index (κ2) is 7.45. The van der Waals surface area contributed by atoms with Crippen molar-refractivity contribution in [2.24, 2.45) is 0 Å². The van der Waals surface area contributed by atoms with E-state index in [2.05, 4.69) is 17.1 Å². The van der Waals surface area contributed by atoms with Gasteiger partial charge in [-0.15, -0.1) is 0 Å². The molecule has 1 aliphatic rings. The summed E-state index contributed by atoms with van der Waals surface area (Å²) in [6, 6.07) is 5.93. The van der Waals surface area contributed by atoms with Crippen molar-refractivity contribution in [1.29, 1.82) is 0 Å². The molecule has 2 rings (SSSR count). The van der Waals surface area contributed by atoms with Crippen LogP contribution in [0.2, 0.25) is 5.02 Å². The standard InChI is InChI=1S/C16H25ClN2O2/c1-3-18-11-13-4-5-14(17)10-15(13)19(2)12-16(20)6-8-21-9-7-16/h4-5,10,18,20H,3,6-9,11-12H2,1-2H3. The predicted molar refractivity (Wildman–Crippen MR) is 87.1 cm³/mol. The third-order valence-corrected chi connectivity index (χ3v) is 4.21. The highest BCUT2D eigenvalue weighted by atomic mass is 35.5. The lowest BCUT2D eigenvalue weighted by molar-refractivity contribution is -0.0572. The zero-order valence-electron chi connectivity index (χ0n) is 12.9. The van der Waals surface area contributed by atoms with Crippen LogP contribution in [0.15, 0.2) is 18.2 Å². The van der Waals surface area contributed by atoms with Gasteiger partial charge in [-0.25, -0.2) is 0 Å². The number of nitrogens with one attached hydrogen (secondary N) is 1. The molecule has 0 saturated carbocycles. The van der Waals surface area contributed by atoms with Crippen molar-refractivity contribution < 1.29 is 9.84 Å². The number of aliphatic hydroxyl groups is 1. The number of hydrogen-bond acceptors (Lipinski definition) is 4. The molecule has 0 spiro atoms. The van der Waals surface area contributed by atoms with Crippen LogP contribution in [0.1, 0.15) is 25.3 Å². The van der Waals surface area contributed by atoms with Gasteiger partial charge in [0, 0.05) is 56.9 Å². The van der Waals surface area contributed by atoms with Crippen LogP contribution in [-0.2, 0) is 11.3 Å². The number of halogens is 1. The average molecular weight is 313 g/mol. The molecule has 0 aromatic heterocycles. The number of ether oxygens (including phenoxy) is 1. The zero-order chi connectivity index (χ0) is 15.3. The molecule has 118 valence electrons. The summed E-state index contributed by atoms with van der Waals surface area (Å²) >= 11 is 6.14. The topological polar surface area (TPSA) is 44.7 Å². The zero-order valence-corrected chi connectivity index (χ0v) is 13.6. The third-order valence-electron chi connectivity index (χ3n) is 3.98. The molecule has 5 heteroatoms. The number of benzene rings is 1. The fraction of sp³-hybridized carbons (Fsp3) is 0.625. The van der Waals surface area contributed by atoms with Gasteiger partial charge in [0.2, 0.25) is 0 Å². The van der Waals surface area contributed by atoms with Crippen LogP contribution in [0.3, 0.4) is 0 Å². The highest BCUT2D eigenvalue weighted by Crippen LogP contribution is 2.28. The van der Waals surface area contributed by atoms with Crippen LogP contribution in [0.4, 0.5) is 5.69 Å². The van der Waals surface area contributed by atoms with Gasteiger partial charge in [-0.1, -0.05) is 24.6 Å². The van der Waals surface area contributed by atoms with Gasteiger partial charge in [0.1, 0.15) is 0 Å². The number of anilines is 1. The number of rotatable bonds is 6. The molecule has 0 aliphatic carbocycles. The minimum absolute atomic E-state index is 0.593. The molecule has 1 aliphatic heterocycles. The normalized spacial score (nSPS) is 17.7. The van der Waals surface area contributed by atoms with E-state index in [4.69, 9.17) is 16.3 Å². The van der Waals surface area contributed by atoms with Crippen molar-refractivity contribution in [1.82, 2.24) is 5.32 Å². The fourth-order valence-corrected chi connectivity index (χ4v) is 2.90. The van der Waals surface area contributed by atoms with Crippen molar-refractivity contribution in [3.05, 3.63) is 28.8 Å². The molecular formula is C16H25ClN2O2. The molecule has 1 heterocycles. The van der Waals surface area contributed by atoms with Crippen molar-refractivity contribution in [3.63, 3.8) is 0 Å². The van der Waals surface area contributed by atoms with Gasteiger partial charge in [0.15, 0.2) is 0 Å². The van der Waals surface area contributed by atoms with E-state index in [9.17, 15) is 5.11 Å². The lowest BCUT2D eigenvalue weighted by Gasteiger charge is -2.37. The SMILES string of the molecule is CCNCc1ccc(Cl)cc1N(C)CC1(O)CCOCC1. The Labute approximate surface area is 132 Å². The lowest BCUT2D eigenvalue weighted by Crippen LogP contribution is -2.46. The fourth-order valence-electron chi connectivity index (χ4n) is 2.74. The molecule has 1 saturated heterocycles. The minimum Gasteiger partial charge on any atom is -0.388 e. The Morgan fingerprint density at radius 1 is 1.38 bits per heavy atom. The quantitative estimate of drug-likeness (QED) is 0.847. The Bertz CT molecular complexity index is 462. The summed E-state index contributed by atoms with van der Waals surface area (Å²) in [6.45, 7) is 5.66. The van der Waals surface area contributed by atoms with Gasteiger partial charge in [0.05, 0.1) is 5.60 Å². The Morgan fingerprint density at radius 2 is 2.10 bits per heavy atom. The molecule has 0 radical (unpaired) electrons. The molecule has 1 aromatic carbocycles. The summed E-state index contributed by atoms with van der Waals surface area (Å²) in [5.74, 6) is 0. The lowest BCUT2D eigenvalue weighted by atomic mass is 9.93. The highest BCUT2D eigenvalue weighted by Gasteiger charge is 2.31. The summed E-state index contributed by atoms with van der Waals surface area (Å²) in [5.41, 5.74) is 1.59. The van der Waals surface area contributed by atoms with E-state index in [1.54, 1.807) is 0 Å². The van der Waals surface area contributed by atoms with E-state index in [0.29, 0.717) is 32.6 Å². The minimum atomic E-state index is -0.676. The summed E-state index contributed by atoms with van der Waals surface area (Å²) in [7, 11) is 2.01. The smallest absolute Gasteiger partial charge is 0.0865 e. The van der Waals surface area contributed by atoms with E-state index in [-0.39, 0.29) is 0 Å². The van der Waals surface area contributed by atoms with Gasteiger partial charge >= 0.3 is 0 Å². The summed E-state index contributed by atoms with van der Waals surface area (Å²) < 4.78 is 5.34. The maximum Gasteiger partial charge on any atom is 0.0865 e. The van der Waals surface area contributed by atoms with E-state index in [1.165, 1.54) is 5.56 Å². The molecule has 0 unspecified atom stereocenters. The Kier molecular flexibility index (Phi) is 5.88. The van der Waals surface area contributed by atoms with Crippen LogP contribution >= 0.6 is 11.6 Å². The summed E-state index contributed by atoms with van der Waals surface area (Å²) in [6.07, 6.45) is 1.36. The van der Waals surface area contributed by atoms with Crippen LogP contribution in [0.25, 0.3) is 0 Å². The Balaban J connectivity index is 2.13. The molecule has 2 N–H and O–H groups in total. The van der Waals surface area contributed by atoms with Crippen molar-refractivity contribution in [3.8, 4) is 0 Å². The second-order valence-electron chi connectivity index (χ2n) is 5.75. The first-order chi connectivity index (χ1) is 10.0. The molecular weight excluding hydrogens is 288 g/mol. The van der Waals surface area contributed by atoms with Crippen molar-refractivity contribution >= 4 is 17.3 Å². The summed E-state index contributed by atoms with van der Waals surface area (Å²) in [4.78, 5) is 2.10. The molecule has 4 nitrogen and oxygen atoms in total. The maximum atomic E-state index is 10.7. The Morgan fingerprint density at radius 3 is 2.76 bits per heavy atom. The molecule has 21 heavy (non-hydrogen) atoms. The van der Waals surface area contributed by atoms with Gasteiger partial charge in [0.25, 0.3) is 0 Å².